The summed E-state index contributed by atoms with van der Waals surface area (Å²) >= 11 is 2.98. The normalized spacial score (nSPS) is 28.7. The van der Waals surface area contributed by atoms with Crippen molar-refractivity contribution in [2.75, 3.05) is 6.61 Å². The molecule has 9 heteroatoms. The van der Waals surface area contributed by atoms with E-state index in [2.05, 4.69) is 4.98 Å². The fourth-order valence-corrected chi connectivity index (χ4v) is 5.98. The van der Waals surface area contributed by atoms with Gasteiger partial charge in [0.05, 0.1) is 13.2 Å². The van der Waals surface area contributed by atoms with Crippen LogP contribution in [0.4, 0.5) is 0 Å². The number of rotatable bonds is 7. The molecule has 0 bridgehead atoms. The van der Waals surface area contributed by atoms with E-state index < -0.39 is 42.1 Å². The molecule has 3 aromatic rings. The molecule has 0 N–H and O–H groups in total. The van der Waals surface area contributed by atoms with Crippen LogP contribution in [0.2, 0.25) is 0 Å². The Kier molecular flexibility index (Phi) is 7.58. The second-order valence-electron chi connectivity index (χ2n) is 7.97. The minimum Gasteiger partial charge on any atom is -0.457 e. The first-order valence-corrected chi connectivity index (χ1v) is 12.8. The minimum atomic E-state index is -0.674. The number of thioether (sulfide) groups is 1. The number of hydrogen-bond acceptors (Lipinski definition) is 9. The van der Waals surface area contributed by atoms with Crippen molar-refractivity contribution in [3.05, 3.63) is 83.4 Å². The van der Waals surface area contributed by atoms with Gasteiger partial charge in [0.25, 0.3) is 0 Å². The summed E-state index contributed by atoms with van der Waals surface area (Å²) in [7, 11) is 0. The van der Waals surface area contributed by atoms with Gasteiger partial charge in [-0.1, -0.05) is 72.4 Å². The van der Waals surface area contributed by atoms with Crippen LogP contribution in [0.25, 0.3) is 0 Å². The van der Waals surface area contributed by atoms with E-state index in [9.17, 15) is 4.79 Å². The van der Waals surface area contributed by atoms with Crippen LogP contribution in [-0.2, 0) is 35.1 Å². The fourth-order valence-electron chi connectivity index (χ4n) is 4.06. The third kappa shape index (κ3) is 5.51. The van der Waals surface area contributed by atoms with Gasteiger partial charge < -0.3 is 23.7 Å². The zero-order chi connectivity index (χ0) is 23.3. The highest BCUT2D eigenvalue weighted by atomic mass is 32.2. The maximum Gasteiger partial charge on any atom is 0.303 e. The Morgan fingerprint density at radius 2 is 1.85 bits per heavy atom. The van der Waals surface area contributed by atoms with Crippen LogP contribution >= 0.6 is 23.1 Å². The van der Waals surface area contributed by atoms with Gasteiger partial charge in [0.15, 0.2) is 16.7 Å². The summed E-state index contributed by atoms with van der Waals surface area (Å²) in [5, 5.41) is 1.91. The predicted molar refractivity (Wildman–Crippen MR) is 127 cm³/mol. The largest absolute Gasteiger partial charge is 0.457 e. The summed E-state index contributed by atoms with van der Waals surface area (Å²) in [4.78, 5) is 16.5. The predicted octanol–water partition coefficient (Wildman–Crippen LogP) is 4.59. The lowest BCUT2D eigenvalue weighted by Crippen LogP contribution is -2.62. The molecule has 6 atom stereocenters. The molecule has 34 heavy (non-hydrogen) atoms. The van der Waals surface area contributed by atoms with E-state index in [0.717, 1.165) is 15.5 Å². The number of carbonyl (C=O) groups excluding carboxylic acids is 1. The quantitative estimate of drug-likeness (QED) is 0.437. The zero-order valence-electron chi connectivity index (χ0n) is 18.5. The molecule has 2 aliphatic heterocycles. The summed E-state index contributed by atoms with van der Waals surface area (Å²) in [6, 6.07) is 19.6. The highest BCUT2D eigenvalue weighted by molar-refractivity contribution is 8.01. The van der Waals surface area contributed by atoms with Gasteiger partial charge in [0, 0.05) is 24.1 Å². The lowest BCUT2D eigenvalue weighted by molar-refractivity contribution is -0.324. The highest BCUT2D eigenvalue weighted by Gasteiger charge is 2.52. The lowest BCUT2D eigenvalue weighted by atomic mass is 9.98. The summed E-state index contributed by atoms with van der Waals surface area (Å²) in [6.07, 6.45) is -1.04. The van der Waals surface area contributed by atoms with Crippen LogP contribution in [0.3, 0.4) is 0 Å². The van der Waals surface area contributed by atoms with Crippen molar-refractivity contribution in [1.29, 1.82) is 0 Å². The first-order chi connectivity index (χ1) is 16.7. The summed E-state index contributed by atoms with van der Waals surface area (Å²) in [5.74, 6) is -0.400. The SMILES string of the molecule is CC(=O)O[C@@H]1[C@@H](OCc2ccccc2)[C@H](Sc2nccs2)O[C@@H]2COC(c3ccccc3)O[C@@H]12. The fraction of sp³-hybridized carbons (Fsp3) is 0.360. The molecule has 2 aromatic carbocycles. The molecule has 7 nitrogen and oxygen atoms in total. The summed E-state index contributed by atoms with van der Waals surface area (Å²) < 4.78 is 31.8. The minimum absolute atomic E-state index is 0.308. The molecular formula is C25H25NO6S2. The van der Waals surface area contributed by atoms with Gasteiger partial charge in [-0.05, 0) is 5.56 Å². The average molecular weight is 500 g/mol. The molecular weight excluding hydrogens is 474 g/mol. The van der Waals surface area contributed by atoms with Gasteiger partial charge >= 0.3 is 5.97 Å². The number of carbonyl (C=O) groups is 1. The number of esters is 1. The van der Waals surface area contributed by atoms with Crippen LogP contribution in [0, 0.1) is 0 Å². The maximum absolute atomic E-state index is 12.2. The highest BCUT2D eigenvalue weighted by Crippen LogP contribution is 2.41. The van der Waals surface area contributed by atoms with Gasteiger partial charge in [0.2, 0.25) is 0 Å². The summed E-state index contributed by atoms with van der Waals surface area (Å²) in [5.41, 5.74) is 1.45. The molecule has 178 valence electrons. The van der Waals surface area contributed by atoms with Crippen LogP contribution in [0.5, 0.6) is 0 Å². The molecule has 1 unspecified atom stereocenters. The first-order valence-electron chi connectivity index (χ1n) is 11.0. The number of hydrogen-bond donors (Lipinski definition) is 0. The Bertz CT molecular complexity index is 1050. The van der Waals surface area contributed by atoms with E-state index in [-0.39, 0.29) is 0 Å². The van der Waals surface area contributed by atoms with Crippen LogP contribution in [0.1, 0.15) is 24.3 Å². The lowest BCUT2D eigenvalue weighted by Gasteiger charge is -2.48. The number of thiazole rings is 1. The van der Waals surface area contributed by atoms with Crippen LogP contribution < -0.4 is 0 Å². The molecule has 0 spiro atoms. The van der Waals surface area contributed by atoms with Crippen molar-refractivity contribution in [1.82, 2.24) is 4.98 Å². The van der Waals surface area contributed by atoms with Crippen LogP contribution in [0.15, 0.2) is 76.6 Å². The molecule has 2 fully saturated rings. The number of nitrogens with zero attached hydrogens (tertiary/aromatic N) is 1. The molecule has 1 aromatic heterocycles. The molecule has 3 heterocycles. The Balaban J connectivity index is 1.42. The van der Waals surface area contributed by atoms with E-state index >= 15 is 0 Å². The van der Waals surface area contributed by atoms with E-state index in [1.807, 2.05) is 66.0 Å². The molecule has 0 aliphatic carbocycles. The standard InChI is InChI=1S/C25H25NO6S2/c1-16(27)30-21-20-19(15-29-23(32-20)18-10-6-3-7-11-18)31-24(34-25-26-12-13-33-25)22(21)28-14-17-8-4-2-5-9-17/h2-13,19-24H,14-15H2,1H3/t19-,20-,21+,22-,23?,24+/m1/s1. The van der Waals surface area contributed by atoms with Crippen molar-refractivity contribution in [2.24, 2.45) is 0 Å². The second kappa shape index (κ2) is 11.0. The number of benzene rings is 2. The number of fused-ring (bicyclic) bond motifs is 1. The topological polar surface area (TPSA) is 76.1 Å². The number of ether oxygens (including phenoxy) is 5. The third-order valence-electron chi connectivity index (χ3n) is 5.57. The van der Waals surface area contributed by atoms with Gasteiger partial charge in [-0.15, -0.1) is 11.3 Å². The van der Waals surface area contributed by atoms with Crippen molar-refractivity contribution >= 4 is 29.1 Å². The maximum atomic E-state index is 12.2. The molecule has 2 saturated heterocycles. The van der Waals surface area contributed by atoms with Gasteiger partial charge in [-0.2, -0.15) is 0 Å². The Hall–Kier alpha value is -2.27. The molecule has 2 aliphatic rings. The molecule has 0 saturated carbocycles. The van der Waals surface area contributed by atoms with E-state index in [0.29, 0.717) is 13.2 Å². The van der Waals surface area contributed by atoms with Crippen molar-refractivity contribution in [2.45, 2.75) is 54.0 Å². The van der Waals surface area contributed by atoms with Gasteiger partial charge in [0.1, 0.15) is 23.7 Å². The third-order valence-corrected chi connectivity index (χ3v) is 7.63. The van der Waals surface area contributed by atoms with Gasteiger partial charge in [-0.3, -0.25) is 4.79 Å². The molecule has 0 radical (unpaired) electrons. The van der Waals surface area contributed by atoms with E-state index in [1.165, 1.54) is 30.0 Å². The van der Waals surface area contributed by atoms with Crippen molar-refractivity contribution < 1.29 is 28.5 Å². The smallest absolute Gasteiger partial charge is 0.303 e. The summed E-state index contributed by atoms with van der Waals surface area (Å²) in [6.45, 7) is 2.05. The average Bonchev–Trinajstić information content (AvgIpc) is 3.37. The Labute approximate surface area is 206 Å². The van der Waals surface area contributed by atoms with Gasteiger partial charge in [-0.25, -0.2) is 4.98 Å². The molecule has 5 rings (SSSR count). The Morgan fingerprint density at radius 3 is 2.56 bits per heavy atom. The second-order valence-corrected chi connectivity index (χ2v) is 10.2. The van der Waals surface area contributed by atoms with E-state index in [4.69, 9.17) is 23.7 Å². The van der Waals surface area contributed by atoms with Crippen molar-refractivity contribution in [3.63, 3.8) is 0 Å². The van der Waals surface area contributed by atoms with Crippen molar-refractivity contribution in [3.8, 4) is 0 Å². The molecule has 0 amide bonds. The van der Waals surface area contributed by atoms with Crippen LogP contribution in [-0.4, -0.2) is 47.4 Å². The monoisotopic (exact) mass is 499 g/mol. The number of aromatic nitrogens is 1. The van der Waals surface area contributed by atoms with E-state index in [1.54, 1.807) is 6.20 Å². The first kappa shape index (κ1) is 23.5. The zero-order valence-corrected chi connectivity index (χ0v) is 20.2. The Morgan fingerprint density at radius 1 is 1.09 bits per heavy atom.